The third-order valence-corrected chi connectivity index (χ3v) is 1.94. The molecule has 3 nitrogen and oxygen atoms in total. The minimum absolute atomic E-state index is 0.408. The van der Waals surface area contributed by atoms with Crippen LogP contribution in [0, 0.1) is 0 Å². The van der Waals surface area contributed by atoms with Crippen LogP contribution in [-0.4, -0.2) is 24.3 Å². The summed E-state index contributed by atoms with van der Waals surface area (Å²) in [5.41, 5.74) is 0. The minimum Gasteiger partial charge on any atom is -0.381 e. The highest BCUT2D eigenvalue weighted by Gasteiger charge is 2.07. The fraction of sp³-hybridized carbons (Fsp3) is 1.00. The molecule has 0 aliphatic rings. The SMILES string of the molecule is CCCOCCCC[P+](=O)O. The Bertz CT molecular complexity index is 106. The first-order valence-electron chi connectivity index (χ1n) is 3.98. The lowest BCUT2D eigenvalue weighted by Gasteiger charge is -1.98. The summed E-state index contributed by atoms with van der Waals surface area (Å²) < 4.78 is 15.4. The van der Waals surface area contributed by atoms with E-state index in [0.29, 0.717) is 6.16 Å². The molecule has 0 aromatic rings. The monoisotopic (exact) mass is 179 g/mol. The largest absolute Gasteiger partial charge is 0.505 e. The summed E-state index contributed by atoms with van der Waals surface area (Å²) in [4.78, 5) is 8.42. The van der Waals surface area contributed by atoms with E-state index in [9.17, 15) is 4.57 Å². The molecule has 0 fully saturated rings. The van der Waals surface area contributed by atoms with Crippen molar-refractivity contribution in [3.05, 3.63) is 0 Å². The van der Waals surface area contributed by atoms with Gasteiger partial charge in [0.25, 0.3) is 0 Å². The normalized spacial score (nSPS) is 11.6. The fourth-order valence-electron chi connectivity index (χ4n) is 0.698. The van der Waals surface area contributed by atoms with Crippen molar-refractivity contribution in [2.75, 3.05) is 19.4 Å². The highest BCUT2D eigenvalue weighted by Crippen LogP contribution is 2.14. The van der Waals surface area contributed by atoms with E-state index in [2.05, 4.69) is 6.92 Å². The molecule has 0 radical (unpaired) electrons. The quantitative estimate of drug-likeness (QED) is 0.479. The third-order valence-electron chi connectivity index (χ3n) is 1.24. The Hall–Kier alpha value is 0.0200. The lowest BCUT2D eigenvalue weighted by Crippen LogP contribution is -1.95. The summed E-state index contributed by atoms with van der Waals surface area (Å²) in [7, 11) is -1.93. The molecule has 0 aliphatic heterocycles. The maximum absolute atomic E-state index is 10.2. The van der Waals surface area contributed by atoms with Gasteiger partial charge >= 0.3 is 8.03 Å². The standard InChI is InChI=1S/C7H15O3P/c1-2-5-10-6-3-4-7-11(8)9/h2-7H2,1H3/p+1. The molecule has 0 aliphatic carbocycles. The predicted molar refractivity (Wildman–Crippen MR) is 45.0 cm³/mol. The summed E-state index contributed by atoms with van der Waals surface area (Å²) in [6.45, 7) is 3.58. The van der Waals surface area contributed by atoms with Crippen molar-refractivity contribution in [3.8, 4) is 0 Å². The summed E-state index contributed by atoms with van der Waals surface area (Å²) in [6.07, 6.45) is 3.12. The first kappa shape index (κ1) is 11.0. The van der Waals surface area contributed by atoms with Crippen LogP contribution in [0.25, 0.3) is 0 Å². The molecule has 0 bridgehead atoms. The average molecular weight is 179 g/mol. The van der Waals surface area contributed by atoms with Gasteiger partial charge in [0.1, 0.15) is 0 Å². The van der Waals surface area contributed by atoms with Gasteiger partial charge in [-0.05, 0) is 23.8 Å². The molecule has 0 heterocycles. The summed E-state index contributed by atoms with van der Waals surface area (Å²) in [6, 6.07) is 0. The van der Waals surface area contributed by atoms with E-state index in [0.717, 1.165) is 32.5 Å². The zero-order valence-electron chi connectivity index (χ0n) is 6.95. The van der Waals surface area contributed by atoms with Gasteiger partial charge in [-0.15, -0.1) is 0 Å². The molecule has 11 heavy (non-hydrogen) atoms. The number of unbranched alkanes of at least 4 members (excludes halogenated alkanes) is 1. The number of hydrogen-bond acceptors (Lipinski definition) is 2. The van der Waals surface area contributed by atoms with E-state index in [4.69, 9.17) is 9.63 Å². The van der Waals surface area contributed by atoms with E-state index < -0.39 is 8.03 Å². The topological polar surface area (TPSA) is 46.5 Å². The average Bonchev–Trinajstić information content (AvgIpc) is 1.96. The first-order valence-corrected chi connectivity index (χ1v) is 5.38. The van der Waals surface area contributed by atoms with Crippen molar-refractivity contribution < 1.29 is 14.2 Å². The van der Waals surface area contributed by atoms with E-state index in [-0.39, 0.29) is 0 Å². The molecule has 1 unspecified atom stereocenters. The van der Waals surface area contributed by atoms with E-state index in [1.807, 2.05) is 0 Å². The van der Waals surface area contributed by atoms with Gasteiger partial charge in [-0.2, -0.15) is 4.89 Å². The van der Waals surface area contributed by atoms with Crippen LogP contribution in [0.3, 0.4) is 0 Å². The van der Waals surface area contributed by atoms with Crippen LogP contribution < -0.4 is 0 Å². The van der Waals surface area contributed by atoms with Crippen LogP contribution in [0.1, 0.15) is 26.2 Å². The van der Waals surface area contributed by atoms with Gasteiger partial charge in [0.05, 0.1) is 0 Å². The van der Waals surface area contributed by atoms with Crippen LogP contribution in [0.2, 0.25) is 0 Å². The lowest BCUT2D eigenvalue weighted by molar-refractivity contribution is 0.132. The van der Waals surface area contributed by atoms with Gasteiger partial charge < -0.3 is 4.74 Å². The predicted octanol–water partition coefficient (Wildman–Crippen LogP) is 1.93. The van der Waals surface area contributed by atoms with Crippen molar-refractivity contribution >= 4 is 8.03 Å². The van der Waals surface area contributed by atoms with Gasteiger partial charge in [-0.25, -0.2) is 0 Å². The van der Waals surface area contributed by atoms with Crippen molar-refractivity contribution in [1.82, 2.24) is 0 Å². The van der Waals surface area contributed by atoms with Crippen LogP contribution in [0.4, 0.5) is 0 Å². The summed E-state index contributed by atoms with van der Waals surface area (Å²) >= 11 is 0. The molecule has 0 spiro atoms. The van der Waals surface area contributed by atoms with Gasteiger partial charge in [0.15, 0.2) is 6.16 Å². The van der Waals surface area contributed by atoms with E-state index >= 15 is 0 Å². The van der Waals surface area contributed by atoms with E-state index in [1.54, 1.807) is 0 Å². The Morgan fingerprint density at radius 3 is 2.64 bits per heavy atom. The highest BCUT2D eigenvalue weighted by molar-refractivity contribution is 7.37. The molecule has 4 heteroatoms. The molecular weight excluding hydrogens is 163 g/mol. The van der Waals surface area contributed by atoms with Crippen molar-refractivity contribution in [2.24, 2.45) is 0 Å². The second kappa shape index (κ2) is 8.12. The number of rotatable bonds is 7. The molecule has 0 saturated heterocycles. The first-order chi connectivity index (χ1) is 5.27. The number of ether oxygens (including phenoxy) is 1. The Balaban J connectivity index is 2.85. The molecule has 0 amide bonds. The Kier molecular flexibility index (Phi) is 8.13. The maximum Gasteiger partial charge on any atom is 0.505 e. The third kappa shape index (κ3) is 10.0. The Labute approximate surface area is 68.6 Å². The molecule has 0 rings (SSSR count). The molecule has 0 saturated carbocycles. The second-order valence-electron chi connectivity index (χ2n) is 2.40. The van der Waals surface area contributed by atoms with Gasteiger partial charge in [-0.1, -0.05) is 6.92 Å². The Morgan fingerprint density at radius 1 is 1.36 bits per heavy atom. The van der Waals surface area contributed by atoms with Crippen molar-refractivity contribution in [1.29, 1.82) is 0 Å². The summed E-state index contributed by atoms with van der Waals surface area (Å²) in [5.74, 6) is 0. The van der Waals surface area contributed by atoms with Crippen LogP contribution in [0.5, 0.6) is 0 Å². The van der Waals surface area contributed by atoms with E-state index in [1.165, 1.54) is 0 Å². The van der Waals surface area contributed by atoms with Crippen LogP contribution in [-0.2, 0) is 9.30 Å². The molecule has 0 aromatic carbocycles. The van der Waals surface area contributed by atoms with Gasteiger partial charge in [-0.3, -0.25) is 0 Å². The zero-order chi connectivity index (χ0) is 8.53. The number of hydrogen-bond donors (Lipinski definition) is 1. The highest BCUT2D eigenvalue weighted by atomic mass is 31.1. The Morgan fingerprint density at radius 2 is 2.09 bits per heavy atom. The molecule has 1 N–H and O–H groups in total. The fourth-order valence-corrected chi connectivity index (χ4v) is 1.19. The van der Waals surface area contributed by atoms with Crippen molar-refractivity contribution in [2.45, 2.75) is 26.2 Å². The van der Waals surface area contributed by atoms with Crippen LogP contribution in [0.15, 0.2) is 0 Å². The summed E-state index contributed by atoms with van der Waals surface area (Å²) in [5, 5.41) is 0. The smallest absolute Gasteiger partial charge is 0.381 e. The van der Waals surface area contributed by atoms with Crippen LogP contribution >= 0.6 is 8.03 Å². The molecule has 1 atom stereocenters. The maximum atomic E-state index is 10.2. The molecule has 0 aromatic heterocycles. The van der Waals surface area contributed by atoms with Crippen molar-refractivity contribution in [3.63, 3.8) is 0 Å². The minimum atomic E-state index is -1.93. The lowest BCUT2D eigenvalue weighted by atomic mass is 10.4. The molecular formula is C7H16O3P+. The van der Waals surface area contributed by atoms with Gasteiger partial charge in [0.2, 0.25) is 0 Å². The second-order valence-corrected chi connectivity index (χ2v) is 3.55. The zero-order valence-corrected chi connectivity index (χ0v) is 7.85. The molecule has 66 valence electrons. The van der Waals surface area contributed by atoms with Gasteiger partial charge in [0, 0.05) is 13.2 Å².